The average Bonchev–Trinajstić information content (AvgIpc) is 2.30. The van der Waals surface area contributed by atoms with Crippen LogP contribution in [0.2, 0.25) is 0 Å². The molecule has 0 aromatic rings. The zero-order chi connectivity index (χ0) is 12.0. The van der Waals surface area contributed by atoms with E-state index in [1.807, 2.05) is 13.8 Å². The fourth-order valence-electron chi connectivity index (χ4n) is 2.15. The summed E-state index contributed by atoms with van der Waals surface area (Å²) in [4.78, 5) is 13.8. The third-order valence-electron chi connectivity index (χ3n) is 3.15. The van der Waals surface area contributed by atoms with Crippen LogP contribution in [-0.4, -0.2) is 50.2 Å². The first-order chi connectivity index (χ1) is 7.65. The first-order valence-electron chi connectivity index (χ1n) is 6.22. The summed E-state index contributed by atoms with van der Waals surface area (Å²) in [7, 11) is 2.09. The number of carbonyl (C=O) groups excluding carboxylic acids is 1. The van der Waals surface area contributed by atoms with Crippen LogP contribution < -0.4 is 5.32 Å². The summed E-state index contributed by atoms with van der Waals surface area (Å²) < 4.78 is 5.01. The Kier molecular flexibility index (Phi) is 5.77. The minimum Gasteiger partial charge on any atom is -0.466 e. The van der Waals surface area contributed by atoms with Crippen LogP contribution in [0.5, 0.6) is 0 Å². The quantitative estimate of drug-likeness (QED) is 0.709. The number of piperidine rings is 1. The van der Waals surface area contributed by atoms with Crippen LogP contribution >= 0.6 is 0 Å². The number of hydrogen-bond acceptors (Lipinski definition) is 4. The molecule has 1 fully saturated rings. The van der Waals surface area contributed by atoms with E-state index in [1.165, 1.54) is 12.8 Å². The molecule has 0 aromatic heterocycles. The highest BCUT2D eigenvalue weighted by Crippen LogP contribution is 2.11. The van der Waals surface area contributed by atoms with Crippen LogP contribution in [0.1, 0.15) is 26.7 Å². The zero-order valence-corrected chi connectivity index (χ0v) is 10.7. The Morgan fingerprint density at radius 3 is 2.94 bits per heavy atom. The summed E-state index contributed by atoms with van der Waals surface area (Å²) in [6, 6.07) is 0.561. The molecule has 2 unspecified atom stereocenters. The topological polar surface area (TPSA) is 41.6 Å². The summed E-state index contributed by atoms with van der Waals surface area (Å²) in [6.07, 6.45) is 2.45. The minimum atomic E-state index is -0.0851. The van der Waals surface area contributed by atoms with Crippen molar-refractivity contribution in [1.82, 2.24) is 10.2 Å². The SMILES string of the molecule is CCOC(=O)C(C)CN(C)C1CCCNC1. The molecule has 1 aliphatic heterocycles. The number of likely N-dealkylation sites (N-methyl/N-ethyl adjacent to an activating group) is 1. The molecule has 0 amide bonds. The Hall–Kier alpha value is -0.610. The molecule has 16 heavy (non-hydrogen) atoms. The number of carbonyl (C=O) groups is 1. The van der Waals surface area contributed by atoms with Crippen molar-refractivity contribution in [2.75, 3.05) is 33.3 Å². The normalized spacial score (nSPS) is 23.1. The number of nitrogens with one attached hydrogen (secondary N) is 1. The highest BCUT2D eigenvalue weighted by Gasteiger charge is 2.22. The third-order valence-corrected chi connectivity index (χ3v) is 3.15. The monoisotopic (exact) mass is 228 g/mol. The Bertz CT molecular complexity index is 215. The molecule has 1 aliphatic rings. The standard InChI is InChI=1S/C12H24N2O2/c1-4-16-12(15)10(2)9-14(3)11-6-5-7-13-8-11/h10-11,13H,4-9H2,1-3H3. The maximum atomic E-state index is 11.5. The Morgan fingerprint density at radius 1 is 1.62 bits per heavy atom. The van der Waals surface area contributed by atoms with E-state index >= 15 is 0 Å². The summed E-state index contributed by atoms with van der Waals surface area (Å²) >= 11 is 0. The number of nitrogens with zero attached hydrogens (tertiary/aromatic N) is 1. The molecule has 0 bridgehead atoms. The van der Waals surface area contributed by atoms with Gasteiger partial charge in [0.15, 0.2) is 0 Å². The maximum Gasteiger partial charge on any atom is 0.309 e. The van der Waals surface area contributed by atoms with Crippen molar-refractivity contribution in [3.05, 3.63) is 0 Å². The Labute approximate surface area is 98.3 Å². The van der Waals surface area contributed by atoms with E-state index in [-0.39, 0.29) is 11.9 Å². The lowest BCUT2D eigenvalue weighted by atomic mass is 10.0. The zero-order valence-electron chi connectivity index (χ0n) is 10.7. The van der Waals surface area contributed by atoms with Gasteiger partial charge in [-0.05, 0) is 33.4 Å². The molecule has 1 heterocycles. The first kappa shape index (κ1) is 13.5. The number of ether oxygens (including phenoxy) is 1. The molecule has 94 valence electrons. The largest absolute Gasteiger partial charge is 0.466 e. The second-order valence-corrected chi connectivity index (χ2v) is 4.59. The second kappa shape index (κ2) is 6.86. The number of hydrogen-bond donors (Lipinski definition) is 1. The predicted octanol–water partition coefficient (Wildman–Crippen LogP) is 0.869. The van der Waals surface area contributed by atoms with Crippen LogP contribution in [0.25, 0.3) is 0 Å². The van der Waals surface area contributed by atoms with Gasteiger partial charge in [-0.2, -0.15) is 0 Å². The van der Waals surface area contributed by atoms with Crippen LogP contribution in [0.15, 0.2) is 0 Å². The molecule has 2 atom stereocenters. The van der Waals surface area contributed by atoms with E-state index in [9.17, 15) is 4.79 Å². The molecule has 0 radical (unpaired) electrons. The van der Waals surface area contributed by atoms with Crippen LogP contribution in [-0.2, 0) is 9.53 Å². The third kappa shape index (κ3) is 4.10. The molecular formula is C12H24N2O2. The molecule has 0 aromatic carbocycles. The lowest BCUT2D eigenvalue weighted by Crippen LogP contribution is -2.46. The van der Waals surface area contributed by atoms with Crippen molar-refractivity contribution < 1.29 is 9.53 Å². The number of esters is 1. The van der Waals surface area contributed by atoms with Gasteiger partial charge in [0.1, 0.15) is 0 Å². The molecule has 1 rings (SSSR count). The van der Waals surface area contributed by atoms with Gasteiger partial charge in [0.2, 0.25) is 0 Å². The fourth-order valence-corrected chi connectivity index (χ4v) is 2.15. The summed E-state index contributed by atoms with van der Waals surface area (Å²) in [5.74, 6) is -0.120. The molecule has 4 nitrogen and oxygen atoms in total. The van der Waals surface area contributed by atoms with Gasteiger partial charge in [-0.1, -0.05) is 6.92 Å². The molecule has 0 saturated carbocycles. The number of rotatable bonds is 5. The molecule has 1 N–H and O–H groups in total. The lowest BCUT2D eigenvalue weighted by Gasteiger charge is -2.32. The smallest absolute Gasteiger partial charge is 0.309 e. The Balaban J connectivity index is 2.31. The summed E-state index contributed by atoms with van der Waals surface area (Å²) in [6.45, 7) is 7.19. The van der Waals surface area contributed by atoms with Gasteiger partial charge < -0.3 is 15.0 Å². The van der Waals surface area contributed by atoms with E-state index in [4.69, 9.17) is 4.74 Å². The molecule has 1 saturated heterocycles. The van der Waals surface area contributed by atoms with Crippen molar-refractivity contribution in [2.45, 2.75) is 32.7 Å². The van der Waals surface area contributed by atoms with Gasteiger partial charge in [-0.25, -0.2) is 0 Å². The van der Waals surface area contributed by atoms with Crippen molar-refractivity contribution in [1.29, 1.82) is 0 Å². The van der Waals surface area contributed by atoms with Crippen molar-refractivity contribution in [2.24, 2.45) is 5.92 Å². The van der Waals surface area contributed by atoms with E-state index in [0.29, 0.717) is 12.6 Å². The van der Waals surface area contributed by atoms with E-state index in [0.717, 1.165) is 19.6 Å². The second-order valence-electron chi connectivity index (χ2n) is 4.59. The summed E-state index contributed by atoms with van der Waals surface area (Å²) in [5.41, 5.74) is 0. The van der Waals surface area contributed by atoms with Crippen LogP contribution in [0.4, 0.5) is 0 Å². The van der Waals surface area contributed by atoms with Gasteiger partial charge in [-0.15, -0.1) is 0 Å². The van der Waals surface area contributed by atoms with Crippen molar-refractivity contribution in [3.8, 4) is 0 Å². The van der Waals surface area contributed by atoms with E-state index in [2.05, 4.69) is 17.3 Å². The Morgan fingerprint density at radius 2 is 2.38 bits per heavy atom. The highest BCUT2D eigenvalue weighted by atomic mass is 16.5. The molecule has 4 heteroatoms. The lowest BCUT2D eigenvalue weighted by molar-refractivity contribution is -0.148. The van der Waals surface area contributed by atoms with Crippen LogP contribution in [0, 0.1) is 5.92 Å². The minimum absolute atomic E-state index is 0.0353. The fraction of sp³-hybridized carbons (Fsp3) is 0.917. The van der Waals surface area contributed by atoms with Crippen molar-refractivity contribution in [3.63, 3.8) is 0 Å². The van der Waals surface area contributed by atoms with Crippen LogP contribution in [0.3, 0.4) is 0 Å². The van der Waals surface area contributed by atoms with Gasteiger partial charge in [0.05, 0.1) is 12.5 Å². The summed E-state index contributed by atoms with van der Waals surface area (Å²) in [5, 5.41) is 3.39. The predicted molar refractivity (Wildman–Crippen MR) is 64.3 cm³/mol. The van der Waals surface area contributed by atoms with Gasteiger partial charge in [0.25, 0.3) is 0 Å². The molecule has 0 spiro atoms. The molecular weight excluding hydrogens is 204 g/mol. The molecule has 0 aliphatic carbocycles. The van der Waals surface area contributed by atoms with Crippen molar-refractivity contribution >= 4 is 5.97 Å². The van der Waals surface area contributed by atoms with E-state index in [1.54, 1.807) is 0 Å². The van der Waals surface area contributed by atoms with Gasteiger partial charge >= 0.3 is 5.97 Å². The van der Waals surface area contributed by atoms with Gasteiger partial charge in [-0.3, -0.25) is 4.79 Å². The maximum absolute atomic E-state index is 11.5. The first-order valence-corrected chi connectivity index (χ1v) is 6.22. The van der Waals surface area contributed by atoms with E-state index < -0.39 is 0 Å². The highest BCUT2D eigenvalue weighted by molar-refractivity contribution is 5.72. The van der Waals surface area contributed by atoms with Gasteiger partial charge in [0, 0.05) is 19.1 Å². The average molecular weight is 228 g/mol.